The molecule has 2 aromatic heterocycles. The Balaban J connectivity index is 1.14. The maximum Gasteiger partial charge on any atom is 0.281 e. The first-order valence-electron chi connectivity index (χ1n) is 14.9. The van der Waals surface area contributed by atoms with E-state index in [0.717, 1.165) is 38.5 Å². The van der Waals surface area contributed by atoms with E-state index in [1.165, 1.54) is 45.4 Å². The van der Waals surface area contributed by atoms with Crippen LogP contribution in [0.15, 0.2) is 57.1 Å². The number of nitrogens with zero attached hydrogens (tertiary/aromatic N) is 5. The van der Waals surface area contributed by atoms with Crippen molar-refractivity contribution in [1.29, 1.82) is 0 Å². The molecule has 0 spiro atoms. The van der Waals surface area contributed by atoms with E-state index < -0.39 is 31.4 Å². The van der Waals surface area contributed by atoms with Gasteiger partial charge in [-0.1, -0.05) is 48.6 Å². The minimum atomic E-state index is -3.89. The molecule has 0 amide bonds. The van der Waals surface area contributed by atoms with Crippen LogP contribution >= 0.6 is 11.6 Å². The Morgan fingerprint density at radius 1 is 0.933 bits per heavy atom. The minimum Gasteiger partial charge on any atom is -0.308 e. The first kappa shape index (κ1) is 31.7. The van der Waals surface area contributed by atoms with Crippen molar-refractivity contribution >= 4 is 42.8 Å². The van der Waals surface area contributed by atoms with Crippen LogP contribution in [0, 0.1) is 5.82 Å². The normalized spacial score (nSPS) is 17.9. The van der Waals surface area contributed by atoms with Gasteiger partial charge in [0.1, 0.15) is 11.6 Å². The van der Waals surface area contributed by atoms with Gasteiger partial charge in [0.25, 0.3) is 5.56 Å². The monoisotopic (exact) mass is 677 g/mol. The predicted molar refractivity (Wildman–Crippen MR) is 165 cm³/mol. The van der Waals surface area contributed by atoms with Crippen LogP contribution in [0.4, 0.5) is 4.39 Å². The molecule has 1 saturated carbocycles. The Hall–Kier alpha value is -3.24. The molecule has 2 fully saturated rings. The summed E-state index contributed by atoms with van der Waals surface area (Å²) in [5, 5.41) is 8.09. The van der Waals surface area contributed by atoms with Crippen LogP contribution in [-0.2, 0) is 26.6 Å². The number of aromatic nitrogens is 5. The summed E-state index contributed by atoms with van der Waals surface area (Å²) in [5.41, 5.74) is -0.137. The van der Waals surface area contributed by atoms with Crippen molar-refractivity contribution in [2.24, 2.45) is 0 Å². The highest BCUT2D eigenvalue weighted by Gasteiger charge is 2.32. The van der Waals surface area contributed by atoms with Crippen LogP contribution in [0.5, 0.6) is 0 Å². The number of halogens is 2. The Bertz CT molecular complexity index is 1950. The van der Waals surface area contributed by atoms with Gasteiger partial charge >= 0.3 is 0 Å². The van der Waals surface area contributed by atoms with E-state index in [0.29, 0.717) is 18.7 Å². The van der Waals surface area contributed by atoms with Gasteiger partial charge in [-0.2, -0.15) is 4.31 Å². The predicted octanol–water partition coefficient (Wildman–Crippen LogP) is 3.92. The van der Waals surface area contributed by atoms with Crippen LogP contribution < -0.4 is 10.3 Å². The number of H-pyrrole nitrogens is 1. The Kier molecular flexibility index (Phi) is 9.07. The molecular weight excluding hydrogens is 645 g/mol. The van der Waals surface area contributed by atoms with E-state index in [4.69, 9.17) is 11.6 Å². The standard InChI is InChI=1S/C29H33ClFN7O5S2/c30-24-8-5-9-25(31)23(24)18-38-28-26(34-36-38)29(39)33-27(32-28)19-14-16-37(17-15-19)45(42,43)22-12-10-21(11-13-22)44(40,41)35-20-6-3-1-2-4-7-20/h5,8-13,19-20,35H,1-4,6-7,14-18H2,(H,32,33,39). The number of aromatic amines is 1. The molecule has 1 aliphatic carbocycles. The third kappa shape index (κ3) is 6.68. The quantitative estimate of drug-likeness (QED) is 0.266. The van der Waals surface area contributed by atoms with Crippen molar-refractivity contribution in [3.8, 4) is 0 Å². The summed E-state index contributed by atoms with van der Waals surface area (Å²) in [6, 6.07) is 9.51. The molecule has 0 bridgehead atoms. The van der Waals surface area contributed by atoms with Gasteiger partial charge in [-0.25, -0.2) is 35.6 Å². The van der Waals surface area contributed by atoms with Crippen LogP contribution in [0.2, 0.25) is 5.02 Å². The zero-order chi connectivity index (χ0) is 31.8. The van der Waals surface area contributed by atoms with E-state index in [2.05, 4.69) is 25.0 Å². The second-order valence-corrected chi connectivity index (χ2v) is 15.6. The van der Waals surface area contributed by atoms with Crippen LogP contribution in [-0.4, -0.2) is 65.2 Å². The maximum atomic E-state index is 14.4. The molecule has 2 N–H and O–H groups in total. The average molecular weight is 678 g/mol. The van der Waals surface area contributed by atoms with E-state index >= 15 is 0 Å². The lowest BCUT2D eigenvalue weighted by molar-refractivity contribution is 0.313. The molecule has 0 unspecified atom stereocenters. The minimum absolute atomic E-state index is 0.00104. The zero-order valence-corrected chi connectivity index (χ0v) is 26.7. The van der Waals surface area contributed by atoms with Gasteiger partial charge in [0.05, 0.1) is 16.3 Å². The Morgan fingerprint density at radius 3 is 2.27 bits per heavy atom. The van der Waals surface area contributed by atoms with Gasteiger partial charge in [0, 0.05) is 35.6 Å². The lowest BCUT2D eigenvalue weighted by Gasteiger charge is -2.30. The van der Waals surface area contributed by atoms with Crippen LogP contribution in [0.1, 0.15) is 68.7 Å². The number of hydrogen-bond donors (Lipinski definition) is 2. The molecule has 1 saturated heterocycles. The first-order valence-corrected chi connectivity index (χ1v) is 18.2. The highest BCUT2D eigenvalue weighted by molar-refractivity contribution is 7.89. The Morgan fingerprint density at radius 2 is 1.60 bits per heavy atom. The highest BCUT2D eigenvalue weighted by Crippen LogP contribution is 2.30. The summed E-state index contributed by atoms with van der Waals surface area (Å²) >= 11 is 6.17. The summed E-state index contributed by atoms with van der Waals surface area (Å²) in [6.07, 6.45) is 6.51. The van der Waals surface area contributed by atoms with Gasteiger partial charge in [0.2, 0.25) is 20.0 Å². The molecule has 2 aromatic carbocycles. The molecule has 3 heterocycles. The molecule has 0 atom stereocenters. The van der Waals surface area contributed by atoms with Gasteiger partial charge in [0.15, 0.2) is 11.2 Å². The van der Waals surface area contributed by atoms with Crippen molar-refractivity contribution < 1.29 is 21.2 Å². The number of fused-ring (bicyclic) bond motifs is 1. The van der Waals surface area contributed by atoms with Crippen LogP contribution in [0.3, 0.4) is 0 Å². The smallest absolute Gasteiger partial charge is 0.281 e. The van der Waals surface area contributed by atoms with Crippen molar-refractivity contribution in [1.82, 2.24) is 34.0 Å². The van der Waals surface area contributed by atoms with Crippen LogP contribution in [0.25, 0.3) is 11.2 Å². The third-order valence-corrected chi connectivity index (χ3v) is 12.4. The number of hydrogen-bond acceptors (Lipinski definition) is 8. The number of sulfonamides is 2. The van der Waals surface area contributed by atoms with Crippen molar-refractivity contribution in [2.75, 3.05) is 13.1 Å². The lowest BCUT2D eigenvalue weighted by Crippen LogP contribution is -2.38. The fourth-order valence-corrected chi connectivity index (χ4v) is 9.01. The molecular formula is C29H33ClFN7O5S2. The van der Waals surface area contributed by atoms with Crippen molar-refractivity contribution in [2.45, 2.75) is 79.7 Å². The van der Waals surface area contributed by atoms with E-state index in [9.17, 15) is 26.0 Å². The third-order valence-electron chi connectivity index (χ3n) is 8.55. The van der Waals surface area contributed by atoms with E-state index in [-0.39, 0.29) is 63.1 Å². The van der Waals surface area contributed by atoms with Crippen molar-refractivity contribution in [3.05, 3.63) is 75.0 Å². The van der Waals surface area contributed by atoms with E-state index in [1.807, 2.05) is 0 Å². The van der Waals surface area contributed by atoms with Gasteiger partial charge in [-0.05, 0) is 62.1 Å². The first-order chi connectivity index (χ1) is 21.5. The second-order valence-electron chi connectivity index (χ2n) is 11.5. The van der Waals surface area contributed by atoms with Gasteiger partial charge in [-0.15, -0.1) is 5.10 Å². The number of piperidine rings is 1. The fraction of sp³-hybridized carbons (Fsp3) is 0.448. The largest absolute Gasteiger partial charge is 0.308 e. The van der Waals surface area contributed by atoms with Gasteiger partial charge < -0.3 is 4.98 Å². The fourth-order valence-electron chi connectivity index (χ4n) is 6.01. The highest BCUT2D eigenvalue weighted by atomic mass is 35.5. The van der Waals surface area contributed by atoms with E-state index in [1.54, 1.807) is 6.07 Å². The molecule has 45 heavy (non-hydrogen) atoms. The second kappa shape index (κ2) is 12.9. The topological polar surface area (TPSA) is 160 Å². The maximum absolute atomic E-state index is 14.4. The summed E-state index contributed by atoms with van der Waals surface area (Å²) in [4.78, 5) is 20.2. The summed E-state index contributed by atoms with van der Waals surface area (Å²) in [6.45, 7) is 0.256. The average Bonchev–Trinajstić information content (AvgIpc) is 3.26. The Labute approximate surface area is 265 Å². The zero-order valence-electron chi connectivity index (χ0n) is 24.3. The molecule has 240 valence electrons. The summed E-state index contributed by atoms with van der Waals surface area (Å²) in [5.74, 6) is -0.410. The molecule has 12 nitrogen and oxygen atoms in total. The number of rotatable bonds is 8. The number of nitrogens with one attached hydrogen (secondary N) is 2. The lowest BCUT2D eigenvalue weighted by atomic mass is 9.97. The molecule has 4 aromatic rings. The summed E-state index contributed by atoms with van der Waals surface area (Å²) in [7, 11) is -7.66. The molecule has 2 aliphatic rings. The molecule has 0 radical (unpaired) electrons. The molecule has 6 rings (SSSR count). The molecule has 1 aliphatic heterocycles. The summed E-state index contributed by atoms with van der Waals surface area (Å²) < 4.78 is 72.6. The molecule has 16 heteroatoms. The number of benzene rings is 2. The SMILES string of the molecule is O=c1[nH]c(C2CCN(S(=O)(=O)c3ccc(S(=O)(=O)NC4CCCCCC4)cc3)CC2)nc2c1nnn2Cc1c(F)cccc1Cl. The van der Waals surface area contributed by atoms with Crippen molar-refractivity contribution in [3.63, 3.8) is 0 Å². The van der Waals surface area contributed by atoms with Gasteiger partial charge in [-0.3, -0.25) is 4.79 Å².